The SMILES string of the molecule is O=Cc1cc(Cl)cc(CCc2cccc(C(F)(F)F)c2)c1. The zero-order valence-corrected chi connectivity index (χ0v) is 11.7. The zero-order chi connectivity index (χ0) is 15.5. The Bertz CT molecular complexity index is 650. The molecule has 0 atom stereocenters. The fraction of sp³-hybridized carbons (Fsp3) is 0.188. The first kappa shape index (κ1) is 15.6. The fourth-order valence-corrected chi connectivity index (χ4v) is 2.35. The van der Waals surface area contributed by atoms with Crippen molar-refractivity contribution >= 4 is 17.9 Å². The van der Waals surface area contributed by atoms with Gasteiger partial charge in [0.15, 0.2) is 0 Å². The van der Waals surface area contributed by atoms with Crippen LogP contribution >= 0.6 is 11.6 Å². The summed E-state index contributed by atoms with van der Waals surface area (Å²) in [6.45, 7) is 0. The van der Waals surface area contributed by atoms with E-state index in [1.54, 1.807) is 24.3 Å². The fourth-order valence-electron chi connectivity index (χ4n) is 2.08. The molecule has 0 unspecified atom stereocenters. The molecule has 0 fully saturated rings. The van der Waals surface area contributed by atoms with Crippen LogP contribution in [0.5, 0.6) is 0 Å². The van der Waals surface area contributed by atoms with Crippen LogP contribution in [0.3, 0.4) is 0 Å². The first-order chi connectivity index (χ1) is 9.88. The second-order valence-electron chi connectivity index (χ2n) is 4.71. The largest absolute Gasteiger partial charge is 0.416 e. The van der Waals surface area contributed by atoms with Gasteiger partial charge in [-0.1, -0.05) is 29.8 Å². The highest BCUT2D eigenvalue weighted by Crippen LogP contribution is 2.29. The third-order valence-corrected chi connectivity index (χ3v) is 3.29. The minimum atomic E-state index is -4.34. The van der Waals surface area contributed by atoms with Crippen LogP contribution in [0.1, 0.15) is 27.0 Å². The van der Waals surface area contributed by atoms with Crippen LogP contribution in [0.25, 0.3) is 0 Å². The van der Waals surface area contributed by atoms with E-state index in [4.69, 9.17) is 11.6 Å². The molecule has 0 aliphatic heterocycles. The summed E-state index contributed by atoms with van der Waals surface area (Å²) in [4.78, 5) is 10.8. The van der Waals surface area contributed by atoms with Gasteiger partial charge in [-0.15, -0.1) is 0 Å². The van der Waals surface area contributed by atoms with Gasteiger partial charge in [0.2, 0.25) is 0 Å². The van der Waals surface area contributed by atoms with Gasteiger partial charge in [0.05, 0.1) is 5.56 Å². The molecule has 0 bridgehead atoms. The van der Waals surface area contributed by atoms with E-state index in [1.165, 1.54) is 6.07 Å². The van der Waals surface area contributed by atoms with Crippen molar-refractivity contribution in [3.8, 4) is 0 Å². The van der Waals surface area contributed by atoms with Crippen LogP contribution in [0.2, 0.25) is 5.02 Å². The monoisotopic (exact) mass is 312 g/mol. The number of carbonyl (C=O) groups excluding carboxylic acids is 1. The van der Waals surface area contributed by atoms with Crippen molar-refractivity contribution in [1.29, 1.82) is 0 Å². The average molecular weight is 313 g/mol. The molecule has 0 aliphatic carbocycles. The van der Waals surface area contributed by atoms with Gasteiger partial charge in [-0.2, -0.15) is 13.2 Å². The number of benzene rings is 2. The summed E-state index contributed by atoms with van der Waals surface area (Å²) in [5, 5.41) is 0.443. The molecule has 0 heterocycles. The van der Waals surface area contributed by atoms with E-state index >= 15 is 0 Å². The number of halogens is 4. The van der Waals surface area contributed by atoms with E-state index in [9.17, 15) is 18.0 Å². The van der Waals surface area contributed by atoms with E-state index < -0.39 is 11.7 Å². The van der Waals surface area contributed by atoms with Crippen molar-refractivity contribution < 1.29 is 18.0 Å². The average Bonchev–Trinajstić information content (AvgIpc) is 2.44. The molecular weight excluding hydrogens is 301 g/mol. The molecule has 2 rings (SSSR count). The quantitative estimate of drug-likeness (QED) is 0.730. The molecule has 110 valence electrons. The Labute approximate surface area is 125 Å². The predicted octanol–water partition coefficient (Wildman–Crippen LogP) is 4.96. The highest BCUT2D eigenvalue weighted by Gasteiger charge is 2.30. The van der Waals surface area contributed by atoms with Gasteiger partial charge in [0.25, 0.3) is 0 Å². The lowest BCUT2D eigenvalue weighted by molar-refractivity contribution is -0.137. The van der Waals surface area contributed by atoms with Crippen LogP contribution in [-0.2, 0) is 19.0 Å². The summed E-state index contributed by atoms with van der Waals surface area (Å²) in [6.07, 6.45) is -2.68. The Hall–Kier alpha value is -1.81. The maximum atomic E-state index is 12.6. The number of hydrogen-bond donors (Lipinski definition) is 0. The van der Waals surface area contributed by atoms with Gasteiger partial charge in [-0.05, 0) is 48.2 Å². The number of aldehydes is 1. The smallest absolute Gasteiger partial charge is 0.298 e. The Balaban J connectivity index is 2.13. The number of hydrogen-bond acceptors (Lipinski definition) is 1. The molecule has 0 radical (unpaired) electrons. The van der Waals surface area contributed by atoms with Crippen molar-refractivity contribution in [2.24, 2.45) is 0 Å². The standard InChI is InChI=1S/C16H12ClF3O/c17-15-8-12(6-13(9-15)10-21)5-4-11-2-1-3-14(7-11)16(18,19)20/h1-3,6-10H,4-5H2. The molecule has 2 aromatic rings. The molecule has 21 heavy (non-hydrogen) atoms. The predicted molar refractivity (Wildman–Crippen MR) is 75.7 cm³/mol. The molecule has 0 N–H and O–H groups in total. The zero-order valence-electron chi connectivity index (χ0n) is 11.0. The van der Waals surface area contributed by atoms with Crippen LogP contribution in [0.15, 0.2) is 42.5 Å². The Morgan fingerprint density at radius 3 is 2.38 bits per heavy atom. The first-order valence-electron chi connectivity index (χ1n) is 6.29. The minimum Gasteiger partial charge on any atom is -0.298 e. The summed E-state index contributed by atoms with van der Waals surface area (Å²) in [5.41, 5.74) is 1.22. The number of carbonyl (C=O) groups is 1. The van der Waals surface area contributed by atoms with E-state index in [0.717, 1.165) is 17.7 Å². The van der Waals surface area contributed by atoms with E-state index in [2.05, 4.69) is 0 Å². The summed E-state index contributed by atoms with van der Waals surface area (Å²) in [5.74, 6) is 0. The maximum Gasteiger partial charge on any atom is 0.416 e. The molecule has 0 aliphatic rings. The van der Waals surface area contributed by atoms with Crippen molar-refractivity contribution in [2.75, 3.05) is 0 Å². The number of rotatable bonds is 4. The maximum absolute atomic E-state index is 12.6. The molecule has 5 heteroatoms. The van der Waals surface area contributed by atoms with Gasteiger partial charge >= 0.3 is 6.18 Å². The highest BCUT2D eigenvalue weighted by molar-refractivity contribution is 6.30. The van der Waals surface area contributed by atoms with Crippen molar-refractivity contribution in [1.82, 2.24) is 0 Å². The topological polar surface area (TPSA) is 17.1 Å². The lowest BCUT2D eigenvalue weighted by Gasteiger charge is -2.09. The molecule has 1 nitrogen and oxygen atoms in total. The van der Waals surface area contributed by atoms with Gasteiger partial charge in [-0.25, -0.2) is 0 Å². The molecular formula is C16H12ClF3O. The van der Waals surface area contributed by atoms with Crippen LogP contribution < -0.4 is 0 Å². The number of aryl methyl sites for hydroxylation is 2. The molecule has 2 aromatic carbocycles. The molecule has 0 aromatic heterocycles. The minimum absolute atomic E-state index is 0.443. The molecule has 0 spiro atoms. The molecule has 0 saturated heterocycles. The van der Waals surface area contributed by atoms with E-state index in [1.807, 2.05) is 0 Å². The lowest BCUT2D eigenvalue weighted by atomic mass is 10.0. The Morgan fingerprint density at radius 2 is 1.71 bits per heavy atom. The lowest BCUT2D eigenvalue weighted by Crippen LogP contribution is -2.05. The first-order valence-corrected chi connectivity index (χ1v) is 6.67. The third kappa shape index (κ3) is 4.33. The molecule has 0 amide bonds. The van der Waals surface area contributed by atoms with Crippen molar-refractivity contribution in [3.05, 3.63) is 69.7 Å². The second-order valence-corrected chi connectivity index (χ2v) is 5.15. The number of alkyl halides is 3. The van der Waals surface area contributed by atoms with E-state index in [0.29, 0.717) is 35.3 Å². The Kier molecular flexibility index (Phi) is 4.68. The summed E-state index contributed by atoms with van der Waals surface area (Å²) in [7, 11) is 0. The second kappa shape index (κ2) is 6.31. The van der Waals surface area contributed by atoms with Crippen molar-refractivity contribution in [2.45, 2.75) is 19.0 Å². The Morgan fingerprint density at radius 1 is 1.00 bits per heavy atom. The van der Waals surface area contributed by atoms with Crippen molar-refractivity contribution in [3.63, 3.8) is 0 Å². The van der Waals surface area contributed by atoms with Gasteiger partial charge in [0, 0.05) is 10.6 Å². The summed E-state index contributed by atoms with van der Waals surface area (Å²) >= 11 is 5.89. The van der Waals surface area contributed by atoms with Gasteiger partial charge in [0.1, 0.15) is 6.29 Å². The third-order valence-electron chi connectivity index (χ3n) is 3.07. The van der Waals surface area contributed by atoms with Gasteiger partial charge < -0.3 is 0 Å². The van der Waals surface area contributed by atoms with E-state index in [-0.39, 0.29) is 0 Å². The highest BCUT2D eigenvalue weighted by atomic mass is 35.5. The van der Waals surface area contributed by atoms with Crippen LogP contribution in [0, 0.1) is 0 Å². The van der Waals surface area contributed by atoms with Crippen LogP contribution in [0.4, 0.5) is 13.2 Å². The normalized spacial score (nSPS) is 11.4. The molecule has 0 saturated carbocycles. The van der Waals surface area contributed by atoms with Crippen LogP contribution in [-0.4, -0.2) is 6.29 Å². The van der Waals surface area contributed by atoms with Gasteiger partial charge in [-0.3, -0.25) is 4.79 Å². The summed E-state index contributed by atoms with van der Waals surface area (Å²) < 4.78 is 37.9. The summed E-state index contributed by atoms with van der Waals surface area (Å²) in [6, 6.07) is 10.2.